The molecule has 0 saturated carbocycles. The molecule has 0 bridgehead atoms. The fourth-order valence-corrected chi connectivity index (χ4v) is 4.55. The van der Waals surface area contributed by atoms with Crippen molar-refractivity contribution >= 4 is 22.5 Å². The Hall–Kier alpha value is -3.75. The van der Waals surface area contributed by atoms with E-state index in [-0.39, 0.29) is 5.82 Å². The van der Waals surface area contributed by atoms with Gasteiger partial charge in [-0.2, -0.15) is 0 Å². The minimum atomic E-state index is -0.258. The van der Waals surface area contributed by atoms with Gasteiger partial charge >= 0.3 is 0 Å². The molecule has 7 nitrogen and oxygen atoms in total. The van der Waals surface area contributed by atoms with E-state index in [1.54, 1.807) is 24.7 Å². The quantitative estimate of drug-likeness (QED) is 0.353. The summed E-state index contributed by atoms with van der Waals surface area (Å²) in [7, 11) is 0. The van der Waals surface area contributed by atoms with Gasteiger partial charge in [0.2, 0.25) is 5.82 Å². The lowest BCUT2D eigenvalue weighted by molar-refractivity contribution is 0.219. The molecule has 0 atom stereocenters. The zero-order chi connectivity index (χ0) is 23.1. The number of nitrogens with zero attached hydrogens (tertiary/aromatic N) is 5. The van der Waals surface area contributed by atoms with Crippen LogP contribution in [0.1, 0.15) is 11.1 Å². The first kappa shape index (κ1) is 20.8. The lowest BCUT2D eigenvalue weighted by Gasteiger charge is -2.19. The first-order valence-electron chi connectivity index (χ1n) is 10.8. The molecule has 0 unspecified atom stereocenters. The van der Waals surface area contributed by atoms with Gasteiger partial charge in [-0.25, -0.2) is 19.3 Å². The van der Waals surface area contributed by atoms with Gasteiger partial charge in [-0.15, -0.1) is 0 Å². The Kier molecular flexibility index (Phi) is 5.24. The Labute approximate surface area is 199 Å². The van der Waals surface area contributed by atoms with E-state index in [0.29, 0.717) is 42.2 Å². The zero-order valence-electron chi connectivity index (χ0n) is 18.0. The van der Waals surface area contributed by atoms with Crippen LogP contribution in [0.5, 0.6) is 5.75 Å². The fourth-order valence-electron chi connectivity index (χ4n) is 4.26. The minimum absolute atomic E-state index is 0.258. The molecule has 170 valence electrons. The summed E-state index contributed by atoms with van der Waals surface area (Å²) >= 11 is 6.64. The van der Waals surface area contributed by atoms with Gasteiger partial charge in [-0.1, -0.05) is 11.6 Å². The van der Waals surface area contributed by atoms with E-state index in [9.17, 15) is 4.39 Å². The van der Waals surface area contributed by atoms with Gasteiger partial charge in [-0.3, -0.25) is 4.90 Å². The van der Waals surface area contributed by atoms with E-state index < -0.39 is 0 Å². The molecule has 0 amide bonds. The number of aromatic nitrogens is 4. The van der Waals surface area contributed by atoms with Crippen molar-refractivity contribution in [2.45, 2.75) is 13.1 Å². The van der Waals surface area contributed by atoms with Crippen LogP contribution in [0.4, 0.5) is 4.39 Å². The fraction of sp³-hybridized carbons (Fsp3) is 0.160. The summed E-state index contributed by atoms with van der Waals surface area (Å²) in [6, 6.07) is 10.6. The second-order valence-electron chi connectivity index (χ2n) is 8.12. The predicted octanol–water partition coefficient (Wildman–Crippen LogP) is 5.26. The lowest BCUT2D eigenvalue weighted by atomic mass is 10.1. The maximum absolute atomic E-state index is 13.6. The van der Waals surface area contributed by atoms with Crippen LogP contribution in [0.15, 0.2) is 71.9 Å². The van der Waals surface area contributed by atoms with Crippen molar-refractivity contribution in [2.24, 2.45) is 0 Å². The van der Waals surface area contributed by atoms with Gasteiger partial charge in [0.15, 0.2) is 0 Å². The molecule has 3 aromatic heterocycles. The van der Waals surface area contributed by atoms with E-state index in [0.717, 1.165) is 34.3 Å². The largest absolute Gasteiger partial charge is 0.490 e. The van der Waals surface area contributed by atoms with Crippen LogP contribution in [0.3, 0.4) is 0 Å². The number of rotatable bonds is 4. The highest BCUT2D eigenvalue weighted by molar-refractivity contribution is 6.32. The maximum Gasteiger partial charge on any atom is 0.264 e. The second-order valence-corrected chi connectivity index (χ2v) is 8.52. The molecule has 4 heterocycles. The van der Waals surface area contributed by atoms with Crippen molar-refractivity contribution in [1.29, 1.82) is 0 Å². The average Bonchev–Trinajstić information content (AvgIpc) is 3.46. The van der Waals surface area contributed by atoms with Crippen LogP contribution in [0.2, 0.25) is 5.02 Å². The van der Waals surface area contributed by atoms with Gasteiger partial charge in [0.25, 0.3) is 5.89 Å². The summed E-state index contributed by atoms with van der Waals surface area (Å²) in [5.74, 6) is 1.29. The number of hydrogen-bond donors (Lipinski definition) is 0. The van der Waals surface area contributed by atoms with Crippen molar-refractivity contribution in [3.63, 3.8) is 0 Å². The van der Waals surface area contributed by atoms with Crippen LogP contribution in [0, 0.1) is 5.82 Å². The molecule has 0 saturated heterocycles. The lowest BCUT2D eigenvalue weighted by Crippen LogP contribution is -2.25. The number of oxazole rings is 1. The number of halogens is 2. The Bertz CT molecular complexity index is 1470. The molecule has 0 aliphatic carbocycles. The second kappa shape index (κ2) is 8.55. The van der Waals surface area contributed by atoms with Gasteiger partial charge in [0.1, 0.15) is 24.4 Å². The number of fused-ring (bicyclic) bond motifs is 2. The van der Waals surface area contributed by atoms with Gasteiger partial charge in [-0.05, 0) is 36.4 Å². The number of hydrogen-bond acceptors (Lipinski definition) is 6. The van der Waals surface area contributed by atoms with Crippen LogP contribution >= 0.6 is 11.6 Å². The SMILES string of the molecule is Fc1ccc2c(ccn2-c2cc(Cl)c3c(c2)CN(Cc2cnc(-c4ncco4)nc2)CCO3)c1. The Morgan fingerprint density at radius 2 is 1.94 bits per heavy atom. The minimum Gasteiger partial charge on any atom is -0.490 e. The van der Waals surface area contributed by atoms with Gasteiger partial charge in [0, 0.05) is 60.4 Å². The van der Waals surface area contributed by atoms with Gasteiger partial charge < -0.3 is 13.7 Å². The normalized spacial score (nSPS) is 14.1. The molecule has 6 rings (SSSR count). The molecule has 0 fully saturated rings. The van der Waals surface area contributed by atoms with Crippen LogP contribution in [0.25, 0.3) is 28.3 Å². The first-order chi connectivity index (χ1) is 16.6. The Morgan fingerprint density at radius 1 is 1.06 bits per heavy atom. The third kappa shape index (κ3) is 3.91. The van der Waals surface area contributed by atoms with Crippen LogP contribution < -0.4 is 4.74 Å². The van der Waals surface area contributed by atoms with Crippen molar-refractivity contribution in [1.82, 2.24) is 24.4 Å². The van der Waals surface area contributed by atoms with Crippen LogP contribution in [-0.2, 0) is 13.1 Å². The molecule has 5 aromatic rings. The molecule has 9 heteroatoms. The number of benzene rings is 2. The third-order valence-electron chi connectivity index (χ3n) is 5.82. The average molecular weight is 476 g/mol. The van der Waals surface area contributed by atoms with E-state index in [1.165, 1.54) is 18.4 Å². The highest BCUT2D eigenvalue weighted by Crippen LogP contribution is 2.35. The highest BCUT2D eigenvalue weighted by atomic mass is 35.5. The molecule has 34 heavy (non-hydrogen) atoms. The van der Waals surface area contributed by atoms with Crippen molar-refractivity contribution in [3.8, 4) is 23.2 Å². The van der Waals surface area contributed by atoms with Crippen molar-refractivity contribution in [3.05, 3.63) is 89.4 Å². The van der Waals surface area contributed by atoms with E-state index in [2.05, 4.69) is 25.9 Å². The van der Waals surface area contributed by atoms with Crippen molar-refractivity contribution in [2.75, 3.05) is 13.2 Å². The monoisotopic (exact) mass is 475 g/mol. The topological polar surface area (TPSA) is 69.2 Å². The number of ether oxygens (including phenoxy) is 1. The van der Waals surface area contributed by atoms with E-state index in [4.69, 9.17) is 20.8 Å². The smallest absolute Gasteiger partial charge is 0.264 e. The van der Waals surface area contributed by atoms with Crippen molar-refractivity contribution < 1.29 is 13.5 Å². The summed E-state index contributed by atoms with van der Waals surface area (Å²) in [6.45, 7) is 2.56. The molecule has 1 aliphatic heterocycles. The van der Waals surface area contributed by atoms with Gasteiger partial charge in [0.05, 0.1) is 16.7 Å². The zero-order valence-corrected chi connectivity index (χ0v) is 18.7. The molecule has 1 aliphatic rings. The Balaban J connectivity index is 1.28. The maximum atomic E-state index is 13.6. The molecule has 2 aromatic carbocycles. The van der Waals surface area contributed by atoms with Crippen LogP contribution in [-0.4, -0.2) is 37.6 Å². The first-order valence-corrected chi connectivity index (χ1v) is 11.2. The summed E-state index contributed by atoms with van der Waals surface area (Å²) in [5.41, 5.74) is 3.77. The summed E-state index contributed by atoms with van der Waals surface area (Å²) in [5, 5.41) is 1.38. The van der Waals surface area contributed by atoms with E-state index >= 15 is 0 Å². The molecule has 0 N–H and O–H groups in total. The molecular weight excluding hydrogens is 457 g/mol. The highest BCUT2D eigenvalue weighted by Gasteiger charge is 2.20. The summed E-state index contributed by atoms with van der Waals surface area (Å²) in [6.07, 6.45) is 8.55. The predicted molar refractivity (Wildman–Crippen MR) is 125 cm³/mol. The third-order valence-corrected chi connectivity index (χ3v) is 6.10. The molecule has 0 spiro atoms. The Morgan fingerprint density at radius 3 is 2.76 bits per heavy atom. The van der Waals surface area contributed by atoms with E-state index in [1.807, 2.05) is 22.9 Å². The summed E-state index contributed by atoms with van der Waals surface area (Å²) in [4.78, 5) is 15.1. The summed E-state index contributed by atoms with van der Waals surface area (Å²) < 4.78 is 26.9. The molecule has 0 radical (unpaired) electrons. The standard InChI is InChI=1S/C25H19ClFN5O2/c26-21-11-20(32-5-3-17-9-19(27)1-2-22(17)32)10-18-15-31(6-8-33-23(18)21)14-16-12-29-24(30-13-16)25-28-4-7-34-25/h1-5,7,9-13H,6,8,14-15H2. The molecular formula is C25H19ClFN5O2.